The Morgan fingerprint density at radius 2 is 1.82 bits per heavy atom. The fourth-order valence-electron chi connectivity index (χ4n) is 4.49. The SMILES string of the molecule is Cc1cnc(N)nc1NCCCc1nc2cccc(CCCCCC(=O)NO)c2c(=O)n1-c1ccccc1. The third-order valence-corrected chi connectivity index (χ3v) is 6.40. The highest BCUT2D eigenvalue weighted by atomic mass is 16.5. The monoisotopic (exact) mass is 515 g/mol. The largest absolute Gasteiger partial charge is 0.370 e. The Hall–Kier alpha value is -4.31. The minimum Gasteiger partial charge on any atom is -0.370 e. The van der Waals surface area contributed by atoms with Crippen LogP contribution in [0.1, 0.15) is 49.1 Å². The molecule has 0 unspecified atom stereocenters. The third-order valence-electron chi connectivity index (χ3n) is 6.40. The molecule has 1 amide bonds. The molecule has 0 aliphatic heterocycles. The zero-order valence-electron chi connectivity index (χ0n) is 21.5. The van der Waals surface area contributed by atoms with Crippen molar-refractivity contribution >= 4 is 28.6 Å². The van der Waals surface area contributed by atoms with Gasteiger partial charge in [-0.3, -0.25) is 19.4 Å². The van der Waals surface area contributed by atoms with E-state index in [0.29, 0.717) is 48.4 Å². The molecule has 2 aromatic heterocycles. The number of hydroxylamine groups is 1. The summed E-state index contributed by atoms with van der Waals surface area (Å²) in [5.41, 5.74) is 10.6. The maximum atomic E-state index is 13.9. The van der Waals surface area contributed by atoms with Crippen LogP contribution < -0.4 is 22.1 Å². The van der Waals surface area contributed by atoms with E-state index in [-0.39, 0.29) is 23.8 Å². The quantitative estimate of drug-likeness (QED) is 0.127. The Kier molecular flexibility index (Phi) is 8.99. The van der Waals surface area contributed by atoms with Crippen molar-refractivity contribution in [3.63, 3.8) is 0 Å². The van der Waals surface area contributed by atoms with Crippen molar-refractivity contribution in [2.45, 2.75) is 51.9 Å². The van der Waals surface area contributed by atoms with Gasteiger partial charge in [0.05, 0.1) is 16.6 Å². The lowest BCUT2D eigenvalue weighted by atomic mass is 10.0. The number of para-hydroxylation sites is 1. The lowest BCUT2D eigenvalue weighted by Crippen LogP contribution is -2.25. The van der Waals surface area contributed by atoms with E-state index in [1.807, 2.05) is 55.5 Å². The highest BCUT2D eigenvalue weighted by Crippen LogP contribution is 2.20. The molecule has 0 bridgehead atoms. The average Bonchev–Trinajstić information content (AvgIpc) is 2.93. The minimum atomic E-state index is -0.385. The van der Waals surface area contributed by atoms with Crippen molar-refractivity contribution in [1.82, 2.24) is 25.0 Å². The predicted molar refractivity (Wildman–Crippen MR) is 147 cm³/mol. The Labute approximate surface area is 220 Å². The van der Waals surface area contributed by atoms with Crippen LogP contribution in [-0.4, -0.2) is 37.2 Å². The van der Waals surface area contributed by atoms with Gasteiger partial charge in [0.25, 0.3) is 5.56 Å². The van der Waals surface area contributed by atoms with Crippen LogP contribution in [0.15, 0.2) is 59.5 Å². The van der Waals surface area contributed by atoms with Crippen LogP contribution in [0.5, 0.6) is 0 Å². The highest BCUT2D eigenvalue weighted by Gasteiger charge is 2.15. The Morgan fingerprint density at radius 1 is 1.00 bits per heavy atom. The fraction of sp³-hybridized carbons (Fsp3) is 0.321. The van der Waals surface area contributed by atoms with E-state index in [4.69, 9.17) is 15.9 Å². The van der Waals surface area contributed by atoms with E-state index in [1.165, 1.54) is 0 Å². The van der Waals surface area contributed by atoms with Gasteiger partial charge in [-0.05, 0) is 56.4 Å². The summed E-state index contributed by atoms with van der Waals surface area (Å²) in [5, 5.41) is 12.6. The summed E-state index contributed by atoms with van der Waals surface area (Å²) in [7, 11) is 0. The van der Waals surface area contributed by atoms with E-state index in [1.54, 1.807) is 16.2 Å². The van der Waals surface area contributed by atoms with Gasteiger partial charge in [-0.1, -0.05) is 36.8 Å². The van der Waals surface area contributed by atoms with Gasteiger partial charge in [0.15, 0.2) is 0 Å². The number of nitrogens with zero attached hydrogens (tertiary/aromatic N) is 4. The summed E-state index contributed by atoms with van der Waals surface area (Å²) in [6.07, 6.45) is 6.29. The number of benzene rings is 2. The molecule has 10 heteroatoms. The third kappa shape index (κ3) is 6.51. The van der Waals surface area contributed by atoms with E-state index >= 15 is 0 Å². The van der Waals surface area contributed by atoms with Gasteiger partial charge in [-0.15, -0.1) is 0 Å². The molecule has 198 valence electrons. The Morgan fingerprint density at radius 3 is 2.61 bits per heavy atom. The number of carbonyl (C=O) groups excluding carboxylic acids is 1. The molecule has 0 atom stereocenters. The Balaban J connectivity index is 1.57. The first-order chi connectivity index (χ1) is 18.5. The maximum absolute atomic E-state index is 13.9. The van der Waals surface area contributed by atoms with E-state index < -0.39 is 0 Å². The van der Waals surface area contributed by atoms with Crippen LogP contribution in [0, 0.1) is 6.92 Å². The van der Waals surface area contributed by atoms with Crippen LogP contribution >= 0.6 is 0 Å². The van der Waals surface area contributed by atoms with E-state index in [0.717, 1.165) is 36.1 Å². The molecule has 0 aliphatic carbocycles. The summed E-state index contributed by atoms with van der Waals surface area (Å²) in [4.78, 5) is 38.3. The number of anilines is 2. The number of carbonyl (C=O) groups is 1. The summed E-state index contributed by atoms with van der Waals surface area (Å²) in [6, 6.07) is 15.4. The number of hydrogen-bond donors (Lipinski definition) is 4. The molecule has 38 heavy (non-hydrogen) atoms. The second-order valence-corrected chi connectivity index (χ2v) is 9.20. The van der Waals surface area contributed by atoms with Gasteiger partial charge in [-0.25, -0.2) is 15.4 Å². The van der Waals surface area contributed by atoms with Crippen molar-refractivity contribution in [3.8, 4) is 5.69 Å². The van der Waals surface area contributed by atoms with Crippen LogP contribution in [0.25, 0.3) is 16.6 Å². The van der Waals surface area contributed by atoms with Crippen molar-refractivity contribution in [2.75, 3.05) is 17.6 Å². The number of nitrogens with one attached hydrogen (secondary N) is 2. The molecule has 2 aromatic carbocycles. The minimum absolute atomic E-state index is 0.0844. The molecular formula is C28H33N7O3. The normalized spacial score (nSPS) is 11.0. The van der Waals surface area contributed by atoms with Crippen LogP contribution in [0.3, 0.4) is 0 Å². The number of hydrogen-bond acceptors (Lipinski definition) is 8. The van der Waals surface area contributed by atoms with E-state index in [9.17, 15) is 9.59 Å². The van der Waals surface area contributed by atoms with Crippen LogP contribution in [0.4, 0.5) is 11.8 Å². The van der Waals surface area contributed by atoms with Crippen molar-refractivity contribution in [3.05, 3.63) is 82.0 Å². The maximum Gasteiger partial charge on any atom is 0.266 e. The van der Waals surface area contributed by atoms with Crippen LogP contribution in [0.2, 0.25) is 0 Å². The Bertz CT molecular complexity index is 1450. The lowest BCUT2D eigenvalue weighted by molar-refractivity contribution is -0.129. The summed E-state index contributed by atoms with van der Waals surface area (Å²) in [6.45, 7) is 2.55. The van der Waals surface area contributed by atoms with Crippen molar-refractivity contribution < 1.29 is 10.0 Å². The lowest BCUT2D eigenvalue weighted by Gasteiger charge is -2.16. The number of rotatable bonds is 12. The molecule has 0 radical (unpaired) electrons. The number of aryl methyl sites for hydroxylation is 3. The number of fused-ring (bicyclic) bond motifs is 1. The predicted octanol–water partition coefficient (Wildman–Crippen LogP) is 3.72. The molecule has 0 saturated carbocycles. The molecule has 2 heterocycles. The fourth-order valence-corrected chi connectivity index (χ4v) is 4.49. The molecule has 4 rings (SSSR count). The summed E-state index contributed by atoms with van der Waals surface area (Å²) >= 11 is 0. The highest BCUT2D eigenvalue weighted by molar-refractivity contribution is 5.81. The smallest absolute Gasteiger partial charge is 0.266 e. The number of nitrogens with two attached hydrogens (primary N) is 1. The molecular weight excluding hydrogens is 482 g/mol. The van der Waals surface area contributed by atoms with E-state index in [2.05, 4.69) is 15.3 Å². The first-order valence-corrected chi connectivity index (χ1v) is 12.8. The van der Waals surface area contributed by atoms with Crippen molar-refractivity contribution in [1.29, 1.82) is 0 Å². The molecule has 0 aliphatic rings. The van der Waals surface area contributed by atoms with Gasteiger partial charge >= 0.3 is 0 Å². The molecule has 0 spiro atoms. The number of aromatic nitrogens is 4. The van der Waals surface area contributed by atoms with Crippen LogP contribution in [-0.2, 0) is 17.6 Å². The topological polar surface area (TPSA) is 148 Å². The first kappa shape index (κ1) is 26.7. The number of nitrogen functional groups attached to an aromatic ring is 1. The standard InChI is InChI=1S/C28H33N7O3/c1-19-18-31-28(29)33-26(19)30-17-9-15-23-32-22-14-8-11-20(10-4-2-7-16-24(36)34-38)25(22)27(37)35(23)21-12-5-3-6-13-21/h3,5-6,8,11-14,18,38H,2,4,7,9-10,15-17H2,1H3,(H,34,36)(H3,29,30,31,33). The number of amides is 1. The second-order valence-electron chi connectivity index (χ2n) is 9.20. The first-order valence-electron chi connectivity index (χ1n) is 12.8. The molecule has 4 aromatic rings. The summed E-state index contributed by atoms with van der Waals surface area (Å²) in [5.74, 6) is 1.23. The molecule has 0 fully saturated rings. The zero-order chi connectivity index (χ0) is 26.9. The van der Waals surface area contributed by atoms with Gasteiger partial charge in [0, 0.05) is 31.1 Å². The average molecular weight is 516 g/mol. The molecule has 10 nitrogen and oxygen atoms in total. The molecule has 0 saturated heterocycles. The second kappa shape index (κ2) is 12.8. The number of unbranched alkanes of at least 4 members (excludes halogenated alkanes) is 2. The summed E-state index contributed by atoms with van der Waals surface area (Å²) < 4.78 is 1.71. The van der Waals surface area contributed by atoms with Crippen molar-refractivity contribution in [2.24, 2.45) is 0 Å². The van der Waals surface area contributed by atoms with Gasteiger partial charge in [0.2, 0.25) is 11.9 Å². The van der Waals surface area contributed by atoms with Gasteiger partial charge < -0.3 is 11.1 Å². The molecule has 5 N–H and O–H groups in total. The van der Waals surface area contributed by atoms with Gasteiger partial charge in [0.1, 0.15) is 11.6 Å². The zero-order valence-corrected chi connectivity index (χ0v) is 21.5. The van der Waals surface area contributed by atoms with Gasteiger partial charge in [-0.2, -0.15) is 4.98 Å².